The normalized spacial score (nSPS) is 26.2. The molecule has 2 heterocycles. The zero-order chi connectivity index (χ0) is 12.1. The Kier molecular flexibility index (Phi) is 5.04. The average Bonchev–Trinajstić information content (AvgIpc) is 2.89. The first-order chi connectivity index (χ1) is 8.31. The summed E-state index contributed by atoms with van der Waals surface area (Å²) in [5.74, 6) is 0. The summed E-state index contributed by atoms with van der Waals surface area (Å²) in [5.41, 5.74) is 0. The smallest absolute Gasteiger partial charge is 0.168 e. The van der Waals surface area contributed by atoms with Crippen molar-refractivity contribution in [2.45, 2.75) is 44.6 Å². The highest BCUT2D eigenvalue weighted by Crippen LogP contribution is 2.21. The molecule has 0 aromatic heterocycles. The van der Waals surface area contributed by atoms with Crippen LogP contribution in [0, 0.1) is 0 Å². The third kappa shape index (κ3) is 3.55. The van der Waals surface area contributed by atoms with Crippen molar-refractivity contribution in [2.75, 3.05) is 33.2 Å². The summed E-state index contributed by atoms with van der Waals surface area (Å²) in [6, 6.07) is 0.671. The minimum absolute atomic E-state index is 0.671. The first-order valence-electron chi connectivity index (χ1n) is 7.02. The summed E-state index contributed by atoms with van der Waals surface area (Å²) in [7, 11) is 1.94. The van der Waals surface area contributed by atoms with Gasteiger partial charge in [-0.05, 0) is 63.8 Å². The molecular weight excluding hydrogens is 230 g/mol. The number of rotatable bonds is 3. The molecule has 1 N–H and O–H groups in total. The van der Waals surface area contributed by atoms with Gasteiger partial charge in [-0.3, -0.25) is 0 Å². The van der Waals surface area contributed by atoms with Crippen LogP contribution >= 0.6 is 12.2 Å². The second-order valence-corrected chi connectivity index (χ2v) is 5.62. The molecule has 1 unspecified atom stereocenters. The maximum Gasteiger partial charge on any atom is 0.168 e. The fourth-order valence-electron chi connectivity index (χ4n) is 3.05. The Morgan fingerprint density at radius 3 is 2.59 bits per heavy atom. The van der Waals surface area contributed by atoms with Crippen molar-refractivity contribution >= 4 is 17.3 Å². The van der Waals surface area contributed by atoms with E-state index in [1.807, 2.05) is 7.05 Å². The number of hydrogen-bond acceptors (Lipinski definition) is 2. The van der Waals surface area contributed by atoms with Crippen LogP contribution in [0.2, 0.25) is 0 Å². The summed E-state index contributed by atoms with van der Waals surface area (Å²) < 4.78 is 0. The summed E-state index contributed by atoms with van der Waals surface area (Å²) in [5, 5.41) is 4.08. The second-order valence-electron chi connectivity index (χ2n) is 5.24. The van der Waals surface area contributed by atoms with E-state index in [1.165, 1.54) is 58.2 Å². The van der Waals surface area contributed by atoms with Gasteiger partial charge in [0.15, 0.2) is 5.11 Å². The maximum atomic E-state index is 5.40. The van der Waals surface area contributed by atoms with Gasteiger partial charge >= 0.3 is 0 Å². The van der Waals surface area contributed by atoms with Crippen molar-refractivity contribution in [3.8, 4) is 0 Å². The van der Waals surface area contributed by atoms with Crippen LogP contribution in [0.5, 0.6) is 0 Å². The van der Waals surface area contributed by atoms with Crippen LogP contribution in [0.4, 0.5) is 0 Å². The maximum absolute atomic E-state index is 5.40. The van der Waals surface area contributed by atoms with Crippen LogP contribution in [0.25, 0.3) is 0 Å². The van der Waals surface area contributed by atoms with E-state index in [0.717, 1.165) is 11.7 Å². The third-order valence-corrected chi connectivity index (χ3v) is 4.52. The number of likely N-dealkylation sites (tertiary alicyclic amines) is 2. The van der Waals surface area contributed by atoms with Crippen molar-refractivity contribution in [3.63, 3.8) is 0 Å². The Morgan fingerprint density at radius 2 is 1.88 bits per heavy atom. The lowest BCUT2D eigenvalue weighted by molar-refractivity contribution is 0.203. The molecule has 2 saturated heterocycles. The van der Waals surface area contributed by atoms with Crippen LogP contribution in [0.1, 0.15) is 38.5 Å². The molecule has 1 atom stereocenters. The molecule has 0 saturated carbocycles. The first kappa shape index (κ1) is 13.1. The van der Waals surface area contributed by atoms with Gasteiger partial charge in [0.05, 0.1) is 0 Å². The number of nitrogens with zero attached hydrogens (tertiary/aromatic N) is 2. The van der Waals surface area contributed by atoms with E-state index in [2.05, 4.69) is 15.1 Å². The minimum Gasteiger partial charge on any atom is -0.366 e. The van der Waals surface area contributed by atoms with Gasteiger partial charge in [-0.2, -0.15) is 0 Å². The zero-order valence-corrected chi connectivity index (χ0v) is 11.8. The topological polar surface area (TPSA) is 18.5 Å². The van der Waals surface area contributed by atoms with Gasteiger partial charge in [0, 0.05) is 26.2 Å². The Bertz CT molecular complexity index is 251. The standard InChI is InChI=1S/C13H25N3S/c1-14-13(17)16-10-3-2-6-12(16)7-11-15-8-4-5-9-15/h12H,2-11H2,1H3,(H,14,17). The highest BCUT2D eigenvalue weighted by Gasteiger charge is 2.24. The Labute approximate surface area is 111 Å². The van der Waals surface area contributed by atoms with Gasteiger partial charge in [-0.25, -0.2) is 0 Å². The molecule has 3 nitrogen and oxygen atoms in total. The van der Waals surface area contributed by atoms with Crippen LogP contribution in [-0.2, 0) is 0 Å². The average molecular weight is 255 g/mol. The lowest BCUT2D eigenvalue weighted by atomic mass is 9.99. The molecule has 0 aromatic carbocycles. The molecule has 2 aliphatic heterocycles. The van der Waals surface area contributed by atoms with Gasteiger partial charge in [0.25, 0.3) is 0 Å². The van der Waals surface area contributed by atoms with Gasteiger partial charge in [-0.1, -0.05) is 0 Å². The number of thiocarbonyl (C=S) groups is 1. The third-order valence-electron chi connectivity index (χ3n) is 4.08. The molecule has 17 heavy (non-hydrogen) atoms. The van der Waals surface area contributed by atoms with E-state index in [-0.39, 0.29) is 0 Å². The van der Waals surface area contributed by atoms with Crippen LogP contribution in [0.3, 0.4) is 0 Å². The predicted octanol–water partition coefficient (Wildman–Crippen LogP) is 1.83. The fraction of sp³-hybridized carbons (Fsp3) is 0.923. The molecule has 0 bridgehead atoms. The Hall–Kier alpha value is -0.350. The molecule has 0 spiro atoms. The molecule has 4 heteroatoms. The molecule has 0 aromatic rings. The van der Waals surface area contributed by atoms with Gasteiger partial charge < -0.3 is 15.1 Å². The van der Waals surface area contributed by atoms with E-state index in [4.69, 9.17) is 12.2 Å². The minimum atomic E-state index is 0.671. The summed E-state index contributed by atoms with van der Waals surface area (Å²) >= 11 is 5.40. The molecule has 98 valence electrons. The molecule has 2 aliphatic rings. The summed E-state index contributed by atoms with van der Waals surface area (Å²) in [6.45, 7) is 5.02. The molecule has 0 radical (unpaired) electrons. The van der Waals surface area contributed by atoms with Crippen molar-refractivity contribution in [2.24, 2.45) is 0 Å². The quantitative estimate of drug-likeness (QED) is 0.775. The highest BCUT2D eigenvalue weighted by atomic mass is 32.1. The largest absolute Gasteiger partial charge is 0.366 e. The molecule has 0 aliphatic carbocycles. The van der Waals surface area contributed by atoms with Gasteiger partial charge in [0.2, 0.25) is 0 Å². The van der Waals surface area contributed by atoms with Crippen molar-refractivity contribution in [1.29, 1.82) is 0 Å². The SMILES string of the molecule is CNC(=S)N1CCCCC1CCN1CCCC1. The summed E-state index contributed by atoms with van der Waals surface area (Å²) in [6.07, 6.45) is 8.04. The fourth-order valence-corrected chi connectivity index (χ4v) is 3.29. The lowest BCUT2D eigenvalue weighted by Crippen LogP contribution is -2.48. The van der Waals surface area contributed by atoms with E-state index in [9.17, 15) is 0 Å². The number of piperidine rings is 1. The van der Waals surface area contributed by atoms with E-state index in [1.54, 1.807) is 0 Å². The monoisotopic (exact) mass is 255 g/mol. The van der Waals surface area contributed by atoms with Crippen molar-refractivity contribution in [1.82, 2.24) is 15.1 Å². The van der Waals surface area contributed by atoms with Gasteiger partial charge in [-0.15, -0.1) is 0 Å². The van der Waals surface area contributed by atoms with Crippen LogP contribution in [-0.4, -0.2) is 54.2 Å². The molecular formula is C13H25N3S. The van der Waals surface area contributed by atoms with Crippen LogP contribution in [0.15, 0.2) is 0 Å². The second kappa shape index (κ2) is 6.55. The highest BCUT2D eigenvalue weighted by molar-refractivity contribution is 7.80. The Morgan fingerprint density at radius 1 is 1.18 bits per heavy atom. The molecule has 2 fully saturated rings. The van der Waals surface area contributed by atoms with Gasteiger partial charge in [0.1, 0.15) is 0 Å². The number of hydrogen-bond donors (Lipinski definition) is 1. The molecule has 0 amide bonds. The lowest BCUT2D eigenvalue weighted by Gasteiger charge is -2.38. The van der Waals surface area contributed by atoms with Crippen LogP contribution < -0.4 is 5.32 Å². The van der Waals surface area contributed by atoms with E-state index >= 15 is 0 Å². The first-order valence-corrected chi connectivity index (χ1v) is 7.43. The zero-order valence-electron chi connectivity index (χ0n) is 11.0. The van der Waals surface area contributed by atoms with Crippen molar-refractivity contribution < 1.29 is 0 Å². The van der Waals surface area contributed by atoms with E-state index < -0.39 is 0 Å². The van der Waals surface area contributed by atoms with E-state index in [0.29, 0.717) is 6.04 Å². The predicted molar refractivity (Wildman–Crippen MR) is 76.3 cm³/mol. The van der Waals surface area contributed by atoms with Crippen molar-refractivity contribution in [3.05, 3.63) is 0 Å². The molecule has 2 rings (SSSR count). The number of nitrogens with one attached hydrogen (secondary N) is 1. The Balaban J connectivity index is 1.80. The summed E-state index contributed by atoms with van der Waals surface area (Å²) in [4.78, 5) is 5.02.